The van der Waals surface area contributed by atoms with Crippen molar-refractivity contribution < 1.29 is 28.8 Å². The molecule has 1 aliphatic heterocycles. The maximum absolute atomic E-state index is 11.5. The van der Waals surface area contributed by atoms with E-state index < -0.39 is 5.97 Å². The molecule has 1 N–H and O–H groups in total. The van der Waals surface area contributed by atoms with Crippen LogP contribution in [0.2, 0.25) is 0 Å². The van der Waals surface area contributed by atoms with Crippen molar-refractivity contribution in [3.8, 4) is 0 Å². The first-order valence-electron chi connectivity index (χ1n) is 9.01. The van der Waals surface area contributed by atoms with Gasteiger partial charge in [0.2, 0.25) is 0 Å². The average Bonchev–Trinajstić information content (AvgIpc) is 3.06. The number of methoxy groups -OCH3 is 2. The van der Waals surface area contributed by atoms with E-state index in [-0.39, 0.29) is 24.9 Å². The first-order valence-corrected chi connectivity index (χ1v) is 11.1. The van der Waals surface area contributed by atoms with Crippen LogP contribution in [0.3, 0.4) is 0 Å². The lowest BCUT2D eigenvalue weighted by atomic mass is 9.91. The van der Waals surface area contributed by atoms with E-state index in [4.69, 9.17) is 18.9 Å². The lowest BCUT2D eigenvalue weighted by molar-refractivity contribution is -0.135. The monoisotopic (exact) mass is 406 g/mol. The van der Waals surface area contributed by atoms with Crippen molar-refractivity contribution in [1.29, 1.82) is 0 Å². The van der Waals surface area contributed by atoms with Gasteiger partial charge in [-0.3, -0.25) is 0 Å². The van der Waals surface area contributed by atoms with Crippen LogP contribution in [-0.2, 0) is 23.7 Å². The molecule has 0 amide bonds. The standard InChI is InChI=1S/C18H30O6S2/c1-21-6-7-23-12-24-16(4-5-17(20)22-2)14-10-13(19)11-15(14)18-25-8-3-9-26-18/h4-5,13-16,18-19H,3,6-12H2,1-2H3/b5-4+/t13-,14+,15+,16+/m0/s1. The summed E-state index contributed by atoms with van der Waals surface area (Å²) in [6.45, 7) is 1.09. The minimum Gasteiger partial charge on any atom is -0.466 e. The molecule has 2 fully saturated rings. The summed E-state index contributed by atoms with van der Waals surface area (Å²) in [5, 5.41) is 10.3. The lowest BCUT2D eigenvalue weighted by Gasteiger charge is -2.33. The first-order chi connectivity index (χ1) is 12.7. The Labute approximate surface area is 164 Å². The topological polar surface area (TPSA) is 74.2 Å². The molecule has 26 heavy (non-hydrogen) atoms. The van der Waals surface area contributed by atoms with Gasteiger partial charge in [-0.1, -0.05) is 0 Å². The third-order valence-electron chi connectivity index (χ3n) is 4.66. The Kier molecular flexibility index (Phi) is 10.4. The molecule has 6 nitrogen and oxygen atoms in total. The summed E-state index contributed by atoms with van der Waals surface area (Å²) in [6.07, 6.45) is 5.24. The number of rotatable bonds is 10. The number of thioether (sulfide) groups is 2. The highest BCUT2D eigenvalue weighted by Crippen LogP contribution is 2.47. The highest BCUT2D eigenvalue weighted by molar-refractivity contribution is 8.17. The summed E-state index contributed by atoms with van der Waals surface area (Å²) < 4.78 is 21.5. The maximum Gasteiger partial charge on any atom is 0.330 e. The molecule has 0 unspecified atom stereocenters. The number of carbonyl (C=O) groups is 1. The fourth-order valence-electron chi connectivity index (χ4n) is 3.41. The third kappa shape index (κ3) is 7.05. The molecule has 1 heterocycles. The molecule has 150 valence electrons. The van der Waals surface area contributed by atoms with Gasteiger partial charge in [-0.15, -0.1) is 23.5 Å². The number of hydrogen-bond donors (Lipinski definition) is 1. The second-order valence-electron chi connectivity index (χ2n) is 6.45. The van der Waals surface area contributed by atoms with Crippen LogP contribution in [-0.4, -0.2) is 73.6 Å². The van der Waals surface area contributed by atoms with E-state index in [9.17, 15) is 9.90 Å². The number of hydrogen-bond acceptors (Lipinski definition) is 8. The molecule has 0 radical (unpaired) electrons. The van der Waals surface area contributed by atoms with Crippen LogP contribution in [0.5, 0.6) is 0 Å². The summed E-state index contributed by atoms with van der Waals surface area (Å²) >= 11 is 3.96. The van der Waals surface area contributed by atoms with Gasteiger partial charge in [-0.2, -0.15) is 0 Å². The third-order valence-corrected chi connectivity index (χ3v) is 7.88. The predicted octanol–water partition coefficient (Wildman–Crippen LogP) is 2.30. The fraction of sp³-hybridized carbons (Fsp3) is 0.833. The van der Waals surface area contributed by atoms with E-state index >= 15 is 0 Å². The number of aliphatic hydroxyl groups excluding tert-OH is 1. The zero-order chi connectivity index (χ0) is 18.8. The van der Waals surface area contributed by atoms with Crippen LogP contribution >= 0.6 is 23.5 Å². The second-order valence-corrected chi connectivity index (χ2v) is 9.25. The van der Waals surface area contributed by atoms with Gasteiger partial charge in [0.05, 0.1) is 37.1 Å². The van der Waals surface area contributed by atoms with Crippen molar-refractivity contribution in [3.63, 3.8) is 0 Å². The SMILES string of the molecule is COCCOCO[C@H](/C=C/C(=O)OC)[C@@H]1C[C@H](O)C[C@H]1C1SCCCS1. The van der Waals surface area contributed by atoms with Crippen molar-refractivity contribution in [2.75, 3.05) is 45.7 Å². The van der Waals surface area contributed by atoms with Crippen LogP contribution in [0.25, 0.3) is 0 Å². The van der Waals surface area contributed by atoms with E-state index in [0.717, 1.165) is 6.42 Å². The normalized spacial score (nSPS) is 28.5. The van der Waals surface area contributed by atoms with Crippen molar-refractivity contribution in [2.45, 2.75) is 36.1 Å². The fourth-order valence-corrected chi connectivity index (χ4v) is 6.76. The van der Waals surface area contributed by atoms with E-state index in [0.29, 0.717) is 30.1 Å². The van der Waals surface area contributed by atoms with Crippen molar-refractivity contribution in [1.82, 2.24) is 0 Å². The van der Waals surface area contributed by atoms with Crippen LogP contribution in [0.4, 0.5) is 0 Å². The van der Waals surface area contributed by atoms with Crippen molar-refractivity contribution in [2.24, 2.45) is 11.8 Å². The van der Waals surface area contributed by atoms with Crippen molar-refractivity contribution in [3.05, 3.63) is 12.2 Å². The predicted molar refractivity (Wildman–Crippen MR) is 104 cm³/mol. The van der Waals surface area contributed by atoms with E-state index in [1.165, 1.54) is 31.1 Å². The molecule has 1 aliphatic carbocycles. The largest absolute Gasteiger partial charge is 0.466 e. The Balaban J connectivity index is 2.01. The van der Waals surface area contributed by atoms with Gasteiger partial charge in [0.15, 0.2) is 0 Å². The van der Waals surface area contributed by atoms with Gasteiger partial charge in [0.1, 0.15) is 6.79 Å². The van der Waals surface area contributed by atoms with Crippen LogP contribution in [0.1, 0.15) is 19.3 Å². The zero-order valence-electron chi connectivity index (χ0n) is 15.5. The lowest BCUT2D eigenvalue weighted by Crippen LogP contribution is -2.32. The summed E-state index contributed by atoms with van der Waals surface area (Å²) in [4.78, 5) is 11.5. The Bertz CT molecular complexity index is 441. The van der Waals surface area contributed by atoms with Gasteiger partial charge in [0.25, 0.3) is 0 Å². The van der Waals surface area contributed by atoms with Gasteiger partial charge in [-0.25, -0.2) is 4.79 Å². The smallest absolute Gasteiger partial charge is 0.330 e. The summed E-state index contributed by atoms with van der Waals surface area (Å²) in [5.74, 6) is 2.43. The second kappa shape index (κ2) is 12.3. The average molecular weight is 407 g/mol. The summed E-state index contributed by atoms with van der Waals surface area (Å²) in [7, 11) is 2.98. The zero-order valence-corrected chi connectivity index (χ0v) is 17.1. The molecule has 0 spiro atoms. The molecule has 4 atom stereocenters. The highest BCUT2D eigenvalue weighted by Gasteiger charge is 2.43. The molecule has 0 bridgehead atoms. The van der Waals surface area contributed by atoms with Gasteiger partial charge >= 0.3 is 5.97 Å². The quantitative estimate of drug-likeness (QED) is 0.256. The van der Waals surface area contributed by atoms with Gasteiger partial charge in [0, 0.05) is 13.2 Å². The molecular weight excluding hydrogens is 376 g/mol. The van der Waals surface area contributed by atoms with E-state index in [1.807, 2.05) is 23.5 Å². The minimum absolute atomic E-state index is 0.129. The molecule has 1 saturated heterocycles. The van der Waals surface area contributed by atoms with Crippen LogP contribution in [0, 0.1) is 11.8 Å². The molecular formula is C18H30O6S2. The van der Waals surface area contributed by atoms with Gasteiger partial charge < -0.3 is 24.1 Å². The number of ether oxygens (including phenoxy) is 4. The molecule has 1 saturated carbocycles. The molecule has 0 aromatic heterocycles. The highest BCUT2D eigenvalue weighted by atomic mass is 32.2. The number of esters is 1. The van der Waals surface area contributed by atoms with E-state index in [2.05, 4.69) is 0 Å². The summed E-state index contributed by atoms with van der Waals surface area (Å²) in [6, 6.07) is 0. The molecule has 2 aliphatic rings. The minimum atomic E-state index is -0.407. The summed E-state index contributed by atoms with van der Waals surface area (Å²) in [5.41, 5.74) is 0. The maximum atomic E-state index is 11.5. The van der Waals surface area contributed by atoms with Crippen LogP contribution in [0.15, 0.2) is 12.2 Å². The Morgan fingerprint density at radius 2 is 2.00 bits per heavy atom. The van der Waals surface area contributed by atoms with E-state index in [1.54, 1.807) is 13.2 Å². The first kappa shape index (κ1) is 22.0. The van der Waals surface area contributed by atoms with Gasteiger partial charge in [-0.05, 0) is 48.7 Å². The van der Waals surface area contributed by atoms with Crippen molar-refractivity contribution >= 4 is 29.5 Å². The van der Waals surface area contributed by atoms with Crippen LogP contribution < -0.4 is 0 Å². The molecule has 8 heteroatoms. The molecule has 2 rings (SSSR count). The Morgan fingerprint density at radius 1 is 1.23 bits per heavy atom. The Morgan fingerprint density at radius 3 is 2.69 bits per heavy atom. The number of carbonyl (C=O) groups excluding carboxylic acids is 1. The molecule has 0 aromatic carbocycles. The number of aliphatic hydroxyl groups is 1. The molecule has 0 aromatic rings. The Hall–Kier alpha value is -0.250.